The number of aryl methyl sites for hydroxylation is 2. The van der Waals surface area contributed by atoms with E-state index in [0.29, 0.717) is 12.2 Å². The van der Waals surface area contributed by atoms with Gasteiger partial charge in [0.05, 0.1) is 17.6 Å². The van der Waals surface area contributed by atoms with Crippen molar-refractivity contribution in [1.82, 2.24) is 25.0 Å². The van der Waals surface area contributed by atoms with Crippen molar-refractivity contribution in [2.45, 2.75) is 33.2 Å². The van der Waals surface area contributed by atoms with E-state index in [1.165, 1.54) is 5.56 Å². The number of rotatable bonds is 8. The molecule has 0 unspecified atom stereocenters. The fourth-order valence-electron chi connectivity index (χ4n) is 3.72. The molecular formula is C22H30N6O. The predicted octanol–water partition coefficient (Wildman–Crippen LogP) is 3.35. The van der Waals surface area contributed by atoms with Gasteiger partial charge in [0.15, 0.2) is 5.65 Å². The zero-order valence-electron chi connectivity index (χ0n) is 17.6. The van der Waals surface area contributed by atoms with Crippen molar-refractivity contribution < 1.29 is 4.79 Å². The van der Waals surface area contributed by atoms with E-state index in [2.05, 4.69) is 63.7 Å². The third kappa shape index (κ3) is 5.12. The maximum absolute atomic E-state index is 12.5. The molecule has 2 amide bonds. The molecule has 1 atom stereocenters. The van der Waals surface area contributed by atoms with Gasteiger partial charge in [-0.3, -0.25) is 9.58 Å². The number of hydrogen-bond acceptors (Lipinski definition) is 4. The lowest BCUT2D eigenvalue weighted by molar-refractivity contribution is 0.207. The van der Waals surface area contributed by atoms with Crippen LogP contribution in [-0.2, 0) is 13.5 Å². The second-order valence-corrected chi connectivity index (χ2v) is 7.20. The third-order valence-corrected chi connectivity index (χ3v) is 5.26. The number of fused-ring (bicyclic) bond motifs is 1. The fraction of sp³-hybridized carbons (Fsp3) is 0.409. The molecule has 7 heteroatoms. The van der Waals surface area contributed by atoms with Gasteiger partial charge in [-0.15, -0.1) is 0 Å². The van der Waals surface area contributed by atoms with E-state index in [1.807, 2.05) is 26.1 Å². The molecule has 3 rings (SSSR count). The highest BCUT2D eigenvalue weighted by molar-refractivity contribution is 5.92. The Labute approximate surface area is 172 Å². The Morgan fingerprint density at radius 2 is 1.93 bits per heavy atom. The molecule has 0 saturated heterocycles. The number of hydrogen-bond donors (Lipinski definition) is 2. The van der Waals surface area contributed by atoms with Crippen LogP contribution in [0.5, 0.6) is 0 Å². The van der Waals surface area contributed by atoms with Crippen LogP contribution in [-0.4, -0.2) is 51.4 Å². The summed E-state index contributed by atoms with van der Waals surface area (Å²) in [6, 6.07) is 12.3. The van der Waals surface area contributed by atoms with Crippen molar-refractivity contribution in [3.63, 3.8) is 0 Å². The van der Waals surface area contributed by atoms with Crippen molar-refractivity contribution in [1.29, 1.82) is 0 Å². The summed E-state index contributed by atoms with van der Waals surface area (Å²) in [5.74, 6) is 0. The minimum atomic E-state index is -0.224. The summed E-state index contributed by atoms with van der Waals surface area (Å²) in [6.07, 6.45) is 2.56. The number of amides is 2. The topological polar surface area (TPSA) is 75.1 Å². The molecule has 3 aromatic rings. The van der Waals surface area contributed by atoms with Crippen LogP contribution >= 0.6 is 0 Å². The predicted molar refractivity (Wildman–Crippen MR) is 117 cm³/mol. The average Bonchev–Trinajstić information content (AvgIpc) is 3.01. The molecule has 0 aliphatic rings. The molecule has 0 saturated carbocycles. The Bertz CT molecular complexity index is 949. The Morgan fingerprint density at radius 3 is 2.62 bits per heavy atom. The summed E-state index contributed by atoms with van der Waals surface area (Å²) >= 11 is 0. The van der Waals surface area contributed by atoms with Gasteiger partial charge in [0.2, 0.25) is 0 Å². The van der Waals surface area contributed by atoms with Crippen LogP contribution in [0, 0.1) is 6.92 Å². The van der Waals surface area contributed by atoms with Crippen molar-refractivity contribution in [3.8, 4) is 0 Å². The van der Waals surface area contributed by atoms with Crippen LogP contribution in [0.25, 0.3) is 11.0 Å². The summed E-state index contributed by atoms with van der Waals surface area (Å²) in [6.45, 7) is 8.70. The second kappa shape index (κ2) is 9.52. The minimum absolute atomic E-state index is 0.224. The number of likely N-dealkylation sites (N-methyl/N-ethyl adjacent to an activating group) is 1. The van der Waals surface area contributed by atoms with Crippen molar-refractivity contribution >= 4 is 22.8 Å². The largest absolute Gasteiger partial charge is 0.336 e. The third-order valence-electron chi connectivity index (χ3n) is 5.26. The maximum atomic E-state index is 12.5. The molecule has 29 heavy (non-hydrogen) atoms. The van der Waals surface area contributed by atoms with Crippen LogP contribution < -0.4 is 10.6 Å². The van der Waals surface area contributed by atoms with Crippen LogP contribution in [0.1, 0.15) is 25.1 Å². The summed E-state index contributed by atoms with van der Waals surface area (Å²) < 4.78 is 1.74. The standard InChI is InChI=1S/C22H30N6O/c1-5-28(6-2)19(12-17-10-8-7-9-11-17)15-24-22(29)25-18-13-20-16(3)26-27(4)21(20)23-14-18/h7-11,13-14,19H,5-6,12,15H2,1-4H3,(H2,24,25,29)/t19-/m1/s1. The molecular weight excluding hydrogens is 364 g/mol. The number of carbonyl (C=O) groups is 1. The van der Waals surface area contributed by atoms with Crippen molar-refractivity contribution in [2.24, 2.45) is 7.05 Å². The van der Waals surface area contributed by atoms with Gasteiger partial charge in [0, 0.05) is 25.0 Å². The van der Waals surface area contributed by atoms with Crippen LogP contribution in [0.2, 0.25) is 0 Å². The summed E-state index contributed by atoms with van der Waals surface area (Å²) in [7, 11) is 1.86. The van der Waals surface area contributed by atoms with E-state index in [-0.39, 0.29) is 12.1 Å². The molecule has 0 bridgehead atoms. The Balaban J connectivity index is 1.64. The average molecular weight is 395 g/mol. The fourth-order valence-corrected chi connectivity index (χ4v) is 3.72. The second-order valence-electron chi connectivity index (χ2n) is 7.20. The number of nitrogens with one attached hydrogen (secondary N) is 2. The molecule has 1 aromatic carbocycles. The highest BCUT2D eigenvalue weighted by Gasteiger charge is 2.17. The van der Waals surface area contributed by atoms with Gasteiger partial charge in [0.25, 0.3) is 0 Å². The molecule has 0 aliphatic heterocycles. The quantitative estimate of drug-likeness (QED) is 0.614. The highest BCUT2D eigenvalue weighted by atomic mass is 16.2. The van der Waals surface area contributed by atoms with Gasteiger partial charge in [0.1, 0.15) is 0 Å². The number of nitrogens with zero attached hydrogens (tertiary/aromatic N) is 4. The van der Waals surface area contributed by atoms with Crippen molar-refractivity contribution in [3.05, 3.63) is 53.9 Å². The van der Waals surface area contributed by atoms with E-state index in [1.54, 1.807) is 10.9 Å². The lowest BCUT2D eigenvalue weighted by Crippen LogP contribution is -2.46. The van der Waals surface area contributed by atoms with Crippen LogP contribution in [0.15, 0.2) is 42.6 Å². The number of aromatic nitrogens is 3. The van der Waals surface area contributed by atoms with Gasteiger partial charge >= 0.3 is 6.03 Å². The van der Waals surface area contributed by atoms with Gasteiger partial charge < -0.3 is 10.6 Å². The van der Waals surface area contributed by atoms with Gasteiger partial charge in [-0.1, -0.05) is 44.2 Å². The molecule has 0 spiro atoms. The number of carbonyl (C=O) groups excluding carboxylic acids is 1. The first-order valence-electron chi connectivity index (χ1n) is 10.1. The van der Waals surface area contributed by atoms with Crippen molar-refractivity contribution in [2.75, 3.05) is 25.0 Å². The summed E-state index contributed by atoms with van der Waals surface area (Å²) in [5, 5.41) is 11.2. The first kappa shape index (κ1) is 20.8. The zero-order valence-corrected chi connectivity index (χ0v) is 17.6. The van der Waals surface area contributed by atoms with E-state index in [0.717, 1.165) is 36.2 Å². The van der Waals surface area contributed by atoms with Crippen LogP contribution in [0.4, 0.5) is 10.5 Å². The number of anilines is 1. The highest BCUT2D eigenvalue weighted by Crippen LogP contribution is 2.19. The normalized spacial score (nSPS) is 12.3. The molecule has 7 nitrogen and oxygen atoms in total. The molecule has 0 aliphatic carbocycles. The Hall–Kier alpha value is -2.93. The number of pyridine rings is 1. The SMILES string of the molecule is CCN(CC)[C@@H](CNC(=O)Nc1cnc2c(c1)c(C)nn2C)Cc1ccccc1. The Morgan fingerprint density at radius 1 is 1.21 bits per heavy atom. The lowest BCUT2D eigenvalue weighted by atomic mass is 10.0. The first-order chi connectivity index (χ1) is 14.0. The minimum Gasteiger partial charge on any atom is -0.336 e. The maximum Gasteiger partial charge on any atom is 0.319 e. The van der Waals surface area contributed by atoms with E-state index >= 15 is 0 Å². The molecule has 0 radical (unpaired) electrons. The van der Waals surface area contributed by atoms with E-state index in [4.69, 9.17) is 0 Å². The van der Waals surface area contributed by atoms with Crippen LogP contribution in [0.3, 0.4) is 0 Å². The van der Waals surface area contributed by atoms with E-state index < -0.39 is 0 Å². The zero-order chi connectivity index (χ0) is 20.8. The smallest absolute Gasteiger partial charge is 0.319 e. The summed E-state index contributed by atoms with van der Waals surface area (Å²) in [4.78, 5) is 19.3. The monoisotopic (exact) mass is 394 g/mol. The molecule has 2 N–H and O–H groups in total. The molecule has 2 aromatic heterocycles. The lowest BCUT2D eigenvalue weighted by Gasteiger charge is -2.30. The summed E-state index contributed by atoms with van der Waals surface area (Å²) in [5.41, 5.74) is 3.63. The van der Waals surface area contributed by atoms with Gasteiger partial charge in [-0.2, -0.15) is 5.10 Å². The molecule has 154 valence electrons. The first-order valence-corrected chi connectivity index (χ1v) is 10.1. The number of benzene rings is 1. The molecule has 0 fully saturated rings. The Kier molecular flexibility index (Phi) is 6.82. The van der Waals surface area contributed by atoms with Gasteiger partial charge in [-0.25, -0.2) is 9.78 Å². The number of urea groups is 1. The van der Waals surface area contributed by atoms with E-state index in [9.17, 15) is 4.79 Å². The van der Waals surface area contributed by atoms with Gasteiger partial charge in [-0.05, 0) is 38.1 Å². The molecule has 2 heterocycles.